The average Bonchev–Trinajstić information content (AvgIpc) is 2.41. The number of aliphatic hydroxyl groups is 1. The molecular weight excluding hydrogens is 148 g/mol. The summed E-state index contributed by atoms with van der Waals surface area (Å²) in [6.45, 7) is 1.99. The summed E-state index contributed by atoms with van der Waals surface area (Å²) in [7, 11) is 0. The summed E-state index contributed by atoms with van der Waals surface area (Å²) in [5.74, 6) is 0. The monoisotopic (exact) mass is 156 g/mol. The number of hydrogen-bond donors (Lipinski definition) is 1. The minimum atomic E-state index is -0.387. The molecular formula is C6H8N2OS. The molecule has 2 unspecified atom stereocenters. The first kappa shape index (κ1) is 6.24. The average molecular weight is 156 g/mol. The Hall–Kier alpha value is -0.480. The minimum absolute atomic E-state index is 0.240. The minimum Gasteiger partial charge on any atom is -0.372 e. The van der Waals surface area contributed by atoms with Gasteiger partial charge in [-0.3, -0.25) is 4.57 Å². The highest BCUT2D eigenvalue weighted by atomic mass is 32.2. The van der Waals surface area contributed by atoms with Crippen molar-refractivity contribution >= 4 is 11.8 Å². The predicted octanol–water partition coefficient (Wildman–Crippen LogP) is 0.868. The Labute approximate surface area is 63.1 Å². The maximum atomic E-state index is 9.44. The van der Waals surface area contributed by atoms with Crippen LogP contribution >= 0.6 is 11.8 Å². The van der Waals surface area contributed by atoms with Gasteiger partial charge < -0.3 is 5.11 Å². The summed E-state index contributed by atoms with van der Waals surface area (Å²) >= 11 is 1.61. The zero-order chi connectivity index (χ0) is 7.14. The van der Waals surface area contributed by atoms with Crippen LogP contribution < -0.4 is 0 Å². The van der Waals surface area contributed by atoms with Gasteiger partial charge in [0.15, 0.2) is 5.16 Å². The maximum absolute atomic E-state index is 9.44. The lowest BCUT2D eigenvalue weighted by Gasteiger charge is -2.07. The van der Waals surface area contributed by atoms with Crippen LogP contribution in [-0.2, 0) is 0 Å². The molecule has 0 amide bonds. The van der Waals surface area contributed by atoms with Gasteiger partial charge in [0, 0.05) is 12.4 Å². The lowest BCUT2D eigenvalue weighted by molar-refractivity contribution is 0.105. The van der Waals surface area contributed by atoms with Crippen molar-refractivity contribution in [1.82, 2.24) is 9.55 Å². The Bertz CT molecular complexity index is 248. The molecule has 2 rings (SSSR count). The van der Waals surface area contributed by atoms with Crippen molar-refractivity contribution < 1.29 is 5.11 Å². The molecule has 54 valence electrons. The molecule has 0 radical (unpaired) electrons. The van der Waals surface area contributed by atoms with Crippen LogP contribution in [0.2, 0.25) is 0 Å². The molecule has 1 N–H and O–H groups in total. The maximum Gasteiger partial charge on any atom is 0.170 e. The quantitative estimate of drug-likeness (QED) is 0.605. The Kier molecular flexibility index (Phi) is 1.25. The molecule has 4 heteroatoms. The van der Waals surface area contributed by atoms with Gasteiger partial charge in [-0.05, 0) is 6.92 Å². The molecule has 1 aromatic heterocycles. The highest BCUT2D eigenvalue weighted by molar-refractivity contribution is 8.00. The summed E-state index contributed by atoms with van der Waals surface area (Å²) in [5.41, 5.74) is 0. The van der Waals surface area contributed by atoms with Gasteiger partial charge in [0.05, 0.1) is 5.25 Å². The first-order valence-electron chi connectivity index (χ1n) is 3.16. The van der Waals surface area contributed by atoms with E-state index in [2.05, 4.69) is 4.98 Å². The van der Waals surface area contributed by atoms with Crippen LogP contribution in [0.15, 0.2) is 17.6 Å². The normalized spacial score (nSPS) is 30.6. The van der Waals surface area contributed by atoms with E-state index in [9.17, 15) is 5.11 Å². The summed E-state index contributed by atoms with van der Waals surface area (Å²) in [6, 6.07) is 0. The van der Waals surface area contributed by atoms with Gasteiger partial charge in [0.2, 0.25) is 0 Å². The fourth-order valence-electron chi connectivity index (χ4n) is 1.05. The Morgan fingerprint density at radius 3 is 3.30 bits per heavy atom. The molecule has 2 atom stereocenters. The van der Waals surface area contributed by atoms with Crippen molar-refractivity contribution in [2.45, 2.75) is 23.6 Å². The number of thioether (sulfide) groups is 1. The molecule has 1 aliphatic rings. The van der Waals surface area contributed by atoms with Gasteiger partial charge in [0.25, 0.3) is 0 Å². The fourth-order valence-corrected chi connectivity index (χ4v) is 2.04. The number of nitrogens with zero attached hydrogens (tertiary/aromatic N) is 2. The van der Waals surface area contributed by atoms with Crippen LogP contribution in [0.5, 0.6) is 0 Å². The first-order valence-corrected chi connectivity index (χ1v) is 4.04. The van der Waals surface area contributed by atoms with Crippen molar-refractivity contribution in [2.75, 3.05) is 0 Å². The van der Waals surface area contributed by atoms with E-state index in [-0.39, 0.29) is 11.5 Å². The van der Waals surface area contributed by atoms with Crippen LogP contribution in [0, 0.1) is 0 Å². The lowest BCUT2D eigenvalue weighted by atomic mass is 10.4. The Morgan fingerprint density at radius 2 is 2.60 bits per heavy atom. The van der Waals surface area contributed by atoms with E-state index in [1.165, 1.54) is 0 Å². The standard InChI is InChI=1S/C6H8N2OS/c1-4-5(9)8-3-2-7-6(8)10-4/h2-5,9H,1H3. The molecule has 0 aromatic carbocycles. The van der Waals surface area contributed by atoms with Crippen molar-refractivity contribution in [3.8, 4) is 0 Å². The molecule has 0 fully saturated rings. The smallest absolute Gasteiger partial charge is 0.170 e. The van der Waals surface area contributed by atoms with Crippen LogP contribution in [0.1, 0.15) is 13.2 Å². The number of aromatic nitrogens is 2. The summed E-state index contributed by atoms with van der Waals surface area (Å²) in [6.07, 6.45) is 3.12. The van der Waals surface area contributed by atoms with Crippen molar-refractivity contribution in [2.24, 2.45) is 0 Å². The van der Waals surface area contributed by atoms with Crippen LogP contribution in [-0.4, -0.2) is 19.9 Å². The molecule has 3 nitrogen and oxygen atoms in total. The number of rotatable bonds is 0. The molecule has 0 saturated carbocycles. The second-order valence-electron chi connectivity index (χ2n) is 2.35. The largest absolute Gasteiger partial charge is 0.372 e. The summed E-state index contributed by atoms with van der Waals surface area (Å²) < 4.78 is 1.79. The second kappa shape index (κ2) is 2.00. The molecule has 0 spiro atoms. The van der Waals surface area contributed by atoms with Crippen molar-refractivity contribution in [3.05, 3.63) is 12.4 Å². The van der Waals surface area contributed by atoms with Crippen LogP contribution in [0.4, 0.5) is 0 Å². The molecule has 10 heavy (non-hydrogen) atoms. The molecule has 2 heterocycles. The SMILES string of the molecule is CC1Sc2nccn2C1O. The van der Waals surface area contributed by atoms with Gasteiger partial charge in [-0.25, -0.2) is 4.98 Å². The zero-order valence-corrected chi connectivity index (χ0v) is 6.38. The highest BCUT2D eigenvalue weighted by Gasteiger charge is 2.27. The Morgan fingerprint density at radius 1 is 1.80 bits per heavy atom. The van der Waals surface area contributed by atoms with Gasteiger partial charge in [-0.2, -0.15) is 0 Å². The van der Waals surface area contributed by atoms with E-state index < -0.39 is 0 Å². The third-order valence-electron chi connectivity index (χ3n) is 1.63. The summed E-state index contributed by atoms with van der Waals surface area (Å²) in [5, 5.41) is 10.6. The predicted molar refractivity (Wildman–Crippen MR) is 38.8 cm³/mol. The molecule has 1 aromatic rings. The van der Waals surface area contributed by atoms with Gasteiger partial charge in [-0.15, -0.1) is 0 Å². The third kappa shape index (κ3) is 0.690. The molecule has 0 bridgehead atoms. The highest BCUT2D eigenvalue weighted by Crippen LogP contribution is 2.36. The number of imidazole rings is 1. The van der Waals surface area contributed by atoms with Gasteiger partial charge in [0.1, 0.15) is 6.23 Å². The van der Waals surface area contributed by atoms with E-state index >= 15 is 0 Å². The lowest BCUT2D eigenvalue weighted by Crippen LogP contribution is -2.10. The Balaban J connectivity index is 2.43. The van der Waals surface area contributed by atoms with Gasteiger partial charge >= 0.3 is 0 Å². The van der Waals surface area contributed by atoms with Crippen molar-refractivity contribution in [3.63, 3.8) is 0 Å². The van der Waals surface area contributed by atoms with Crippen LogP contribution in [0.25, 0.3) is 0 Å². The third-order valence-corrected chi connectivity index (χ3v) is 2.77. The number of fused-ring (bicyclic) bond motifs is 1. The van der Waals surface area contributed by atoms with E-state index in [1.54, 1.807) is 28.7 Å². The molecule has 0 saturated heterocycles. The zero-order valence-electron chi connectivity index (χ0n) is 5.56. The topological polar surface area (TPSA) is 38.0 Å². The molecule has 1 aliphatic heterocycles. The molecule has 0 aliphatic carbocycles. The number of aliphatic hydroxyl groups excluding tert-OH is 1. The van der Waals surface area contributed by atoms with E-state index in [4.69, 9.17) is 0 Å². The van der Waals surface area contributed by atoms with E-state index in [0.29, 0.717) is 0 Å². The number of hydrogen-bond acceptors (Lipinski definition) is 3. The summed E-state index contributed by atoms with van der Waals surface area (Å²) in [4.78, 5) is 4.06. The fraction of sp³-hybridized carbons (Fsp3) is 0.500. The first-order chi connectivity index (χ1) is 4.79. The van der Waals surface area contributed by atoms with Crippen molar-refractivity contribution in [1.29, 1.82) is 0 Å². The van der Waals surface area contributed by atoms with E-state index in [0.717, 1.165) is 5.16 Å². The second-order valence-corrected chi connectivity index (χ2v) is 3.70. The van der Waals surface area contributed by atoms with E-state index in [1.807, 2.05) is 6.92 Å². The van der Waals surface area contributed by atoms with Crippen LogP contribution in [0.3, 0.4) is 0 Å². The van der Waals surface area contributed by atoms with Gasteiger partial charge in [-0.1, -0.05) is 11.8 Å².